The van der Waals surface area contributed by atoms with Crippen molar-refractivity contribution in [2.75, 3.05) is 0 Å². The van der Waals surface area contributed by atoms with Crippen molar-refractivity contribution in [3.63, 3.8) is 0 Å². The van der Waals surface area contributed by atoms with E-state index >= 15 is 0 Å². The summed E-state index contributed by atoms with van der Waals surface area (Å²) < 4.78 is 296. The first-order valence-corrected chi connectivity index (χ1v) is 41.5. The molecular weight excluding hydrogens is 1540 g/mol. The van der Waals surface area contributed by atoms with Gasteiger partial charge in [-0.15, -0.1) is 0 Å². The van der Waals surface area contributed by atoms with Crippen LogP contribution in [-0.4, -0.2) is 49.4 Å². The third kappa shape index (κ3) is 43.9. The van der Waals surface area contributed by atoms with Crippen LogP contribution >= 0.6 is 0 Å². The van der Waals surface area contributed by atoms with Crippen molar-refractivity contribution in [1.29, 1.82) is 0 Å². The molecule has 3 aliphatic rings. The highest BCUT2D eigenvalue weighted by atomic mass is 19.4. The Morgan fingerprint density at radius 3 is 0.772 bits per heavy atom. The predicted octanol–water partition coefficient (Wildman–Crippen LogP) is 37.3. The van der Waals surface area contributed by atoms with E-state index in [1.807, 2.05) is 90.0 Å². The third-order valence-electron chi connectivity index (χ3n) is 29.0. The molecule has 0 aromatic heterocycles. The van der Waals surface area contributed by atoms with Gasteiger partial charge >= 0.3 is 49.4 Å². The van der Waals surface area contributed by atoms with Crippen LogP contribution in [0.4, 0.5) is 105 Å². The number of halogens is 24. The Hall–Kier alpha value is -1.68. The van der Waals surface area contributed by atoms with Crippen LogP contribution in [0.5, 0.6) is 0 Å². The first kappa shape index (κ1) is 125. The summed E-state index contributed by atoms with van der Waals surface area (Å²) in [6.45, 7) is 80.7. The highest BCUT2D eigenvalue weighted by Crippen LogP contribution is 2.59. The Kier molecular flexibility index (Phi) is 50.8. The molecule has 0 saturated heterocycles. The van der Waals surface area contributed by atoms with E-state index in [4.69, 9.17) is 0 Å². The summed E-state index contributed by atoms with van der Waals surface area (Å²) in [5.74, 6) is -2.93. The van der Waals surface area contributed by atoms with Gasteiger partial charge in [-0.25, -0.2) is 0 Å². The highest BCUT2D eigenvalue weighted by Gasteiger charge is 2.60. The third-order valence-corrected chi connectivity index (χ3v) is 29.0. The Labute approximate surface area is 681 Å². The second kappa shape index (κ2) is 46.2. The molecule has 114 heavy (non-hydrogen) atoms. The quantitative estimate of drug-likeness (QED) is 0.213. The average molecular weight is 1710 g/mol. The second-order valence-corrected chi connectivity index (χ2v) is 43.8. The standard InChI is InChI=1S/C11H21F3.C10H19F3.C10H22.C9H15F3.C9H17F3.C9H20.2C8H13F3.2C8H15F3/c1-8(2,3)9(4,5)10(6,7)11(12,13)14;1-7(8(2,3)4)9(5,6)10(11,12)13;1-8(2)10(6,7)9(3,4)5;1-6-4-3-5-8(7(6)2)9(10,11)12;1-6(2)8(4,5)7(3)9(10,11)12;1-7(2)8(3)9(4,5)6;1-6-2-4-7(5-3-6)8(9,10)11;1-6-3-2-4-7(5-6)8(9,10)11;1-6(2,3)7(4,5)8(9,10)11;1-5(2)6(3)7(4)8(9,10)11/h1-7H3;7H,1-6H3;8H,1-7H3;6-8H,3-5H2,1-2H3;6-7H,1-5H3;7-8H,1-6H3;2*6-7H,2-5H2,1H3;1-5H3;5-7H,1-4H3/t;7-;;6?,7-,8?;;8-;;6-,7?;;6-,7?/m.1.1.1.1.1/s1. The average Bonchev–Trinajstić information content (AvgIpc) is 0.751. The van der Waals surface area contributed by atoms with E-state index in [0.29, 0.717) is 54.3 Å². The molecule has 0 radical (unpaired) electrons. The van der Waals surface area contributed by atoms with E-state index in [0.717, 1.165) is 56.3 Å². The van der Waals surface area contributed by atoms with Crippen LogP contribution in [0.2, 0.25) is 0 Å². The van der Waals surface area contributed by atoms with E-state index in [2.05, 4.69) is 90.0 Å². The maximum atomic E-state index is 12.9. The summed E-state index contributed by atoms with van der Waals surface area (Å²) >= 11 is 0. The van der Waals surface area contributed by atoms with Crippen molar-refractivity contribution in [2.45, 2.75) is 425 Å². The first-order chi connectivity index (χ1) is 49.0. The molecule has 24 heteroatoms. The Morgan fingerprint density at radius 2 is 0.623 bits per heavy atom. The summed E-state index contributed by atoms with van der Waals surface area (Å²) in [5.41, 5.74) is -6.53. The minimum absolute atomic E-state index is 0.0362. The molecule has 0 N–H and O–H groups in total. The molecule has 698 valence electrons. The van der Waals surface area contributed by atoms with Crippen LogP contribution < -0.4 is 0 Å². The van der Waals surface area contributed by atoms with Crippen LogP contribution in [0.1, 0.15) is 375 Å². The van der Waals surface area contributed by atoms with Crippen molar-refractivity contribution in [3.8, 4) is 0 Å². The predicted molar refractivity (Wildman–Crippen MR) is 431 cm³/mol. The summed E-state index contributed by atoms with van der Waals surface area (Å²) in [5, 5.41) is 0. The summed E-state index contributed by atoms with van der Waals surface area (Å²) in [6.07, 6.45) is -25.8. The van der Waals surface area contributed by atoms with E-state index in [1.165, 1.54) is 55.4 Å². The molecule has 10 atom stereocenters. The molecule has 0 aromatic rings. The van der Waals surface area contributed by atoms with Crippen LogP contribution in [0.15, 0.2) is 0 Å². The summed E-state index contributed by atoms with van der Waals surface area (Å²) in [7, 11) is 0. The molecular formula is C90H170F24. The van der Waals surface area contributed by atoms with Gasteiger partial charge in [0, 0.05) is 0 Å². The molecule has 5 unspecified atom stereocenters. The smallest absolute Gasteiger partial charge is 0.171 e. The van der Waals surface area contributed by atoms with E-state index < -0.39 is 117 Å². The lowest BCUT2D eigenvalue weighted by Gasteiger charge is -2.51. The molecule has 0 spiro atoms. The normalized spacial score (nSPS) is 22.1. The Balaban J connectivity index is -0.000000224. The van der Waals surface area contributed by atoms with Crippen LogP contribution in [0.25, 0.3) is 0 Å². The van der Waals surface area contributed by atoms with Crippen LogP contribution in [-0.2, 0) is 0 Å². The fourth-order valence-corrected chi connectivity index (χ4v) is 12.1. The van der Waals surface area contributed by atoms with Gasteiger partial charge in [0.2, 0.25) is 0 Å². The number of hydrogen-bond acceptors (Lipinski definition) is 0. The minimum Gasteiger partial charge on any atom is -0.171 e. The van der Waals surface area contributed by atoms with Gasteiger partial charge in [0.1, 0.15) is 0 Å². The largest absolute Gasteiger partial charge is 0.394 e. The monoisotopic (exact) mass is 1710 g/mol. The number of hydrogen-bond donors (Lipinski definition) is 0. The molecule has 3 aliphatic carbocycles. The zero-order valence-electron chi connectivity index (χ0n) is 79.6. The van der Waals surface area contributed by atoms with Crippen molar-refractivity contribution in [1.82, 2.24) is 0 Å². The molecule has 0 aliphatic heterocycles. The molecule has 3 saturated carbocycles. The zero-order chi connectivity index (χ0) is 94.5. The lowest BCUT2D eigenvalue weighted by atomic mass is 9.55. The second-order valence-electron chi connectivity index (χ2n) is 43.8. The van der Waals surface area contributed by atoms with Crippen molar-refractivity contribution in [2.24, 2.45) is 154 Å². The van der Waals surface area contributed by atoms with Gasteiger partial charge in [0.05, 0.1) is 45.8 Å². The molecule has 0 aromatic carbocycles. The van der Waals surface area contributed by atoms with Gasteiger partial charge in [-0.3, -0.25) is 0 Å². The van der Waals surface area contributed by atoms with Crippen LogP contribution in [0.3, 0.4) is 0 Å². The number of rotatable bonds is 8. The fourth-order valence-electron chi connectivity index (χ4n) is 12.1. The van der Waals surface area contributed by atoms with Gasteiger partial charge in [-0.2, -0.15) is 105 Å². The Morgan fingerprint density at radius 1 is 0.272 bits per heavy atom. The molecule has 0 heterocycles. The van der Waals surface area contributed by atoms with Gasteiger partial charge in [0.25, 0.3) is 0 Å². The Bertz CT molecular complexity index is 2430. The SMILES string of the molecule is CC(C)(C)C(C)(C)C(C)(C)C(F)(F)F.CC(C)(C)C(C)(C)C(F)(F)F.CC(C)C(C)(C)C(C)(C)C.CC(C)C(C)(C)C(C)C(F)(F)F.CC(C)[C@@H](C)C(C)(C)C.CC(C)[C@@H](C)C(C)C(F)(F)F.CC1CCC(C(F)(F)F)CC1.CC1CCCC(C(F)(F)F)[C@@H]1C.C[C@@H]1CCCC(C(F)(F)F)C1.C[C@H](C(C)(C)C)C(C)(C)C(F)(F)F. The summed E-state index contributed by atoms with van der Waals surface area (Å²) in [6, 6.07) is 0. The fraction of sp³-hybridized carbons (Fsp3) is 1.00. The van der Waals surface area contributed by atoms with Crippen molar-refractivity contribution < 1.29 is 105 Å². The van der Waals surface area contributed by atoms with Crippen molar-refractivity contribution in [3.05, 3.63) is 0 Å². The molecule has 0 nitrogen and oxygen atoms in total. The maximum Gasteiger partial charge on any atom is 0.394 e. The van der Waals surface area contributed by atoms with Gasteiger partial charge in [-0.05, 0) is 141 Å². The van der Waals surface area contributed by atoms with Crippen molar-refractivity contribution >= 4 is 0 Å². The zero-order valence-corrected chi connectivity index (χ0v) is 79.6. The topological polar surface area (TPSA) is 0 Å². The van der Waals surface area contributed by atoms with E-state index in [9.17, 15) is 105 Å². The van der Waals surface area contributed by atoms with E-state index in [1.54, 1.807) is 69.2 Å². The van der Waals surface area contributed by atoms with Gasteiger partial charge < -0.3 is 0 Å². The number of alkyl halides is 24. The lowest BCUT2D eigenvalue weighted by Crippen LogP contribution is -2.51. The molecule has 0 amide bonds. The highest BCUT2D eigenvalue weighted by molar-refractivity contribution is 4.98. The van der Waals surface area contributed by atoms with E-state index in [-0.39, 0.29) is 46.3 Å². The van der Waals surface area contributed by atoms with Crippen LogP contribution in [0, 0.1) is 154 Å². The minimum atomic E-state index is -4.16. The molecule has 0 bridgehead atoms. The maximum absolute atomic E-state index is 12.9. The first-order valence-electron chi connectivity index (χ1n) is 41.5. The summed E-state index contributed by atoms with van der Waals surface area (Å²) in [4.78, 5) is 0. The van der Waals surface area contributed by atoms with Gasteiger partial charge in [-0.1, -0.05) is 343 Å². The van der Waals surface area contributed by atoms with Gasteiger partial charge in [0.15, 0.2) is 0 Å². The molecule has 3 rings (SSSR count). The lowest BCUT2D eigenvalue weighted by molar-refractivity contribution is -0.263. The molecule has 3 fully saturated rings.